The molecule has 1 amide bonds. The minimum Gasteiger partial charge on any atom is -0.338 e. The summed E-state index contributed by atoms with van der Waals surface area (Å²) in [4.78, 5) is 14.3. The van der Waals surface area contributed by atoms with E-state index in [1.54, 1.807) is 24.1 Å². The van der Waals surface area contributed by atoms with Crippen molar-refractivity contribution in [1.82, 2.24) is 19.0 Å². The summed E-state index contributed by atoms with van der Waals surface area (Å²) < 4.78 is 28.3. The lowest BCUT2D eigenvalue weighted by atomic mass is 10.2. The number of carbonyl (C=O) groups is 1. The summed E-state index contributed by atoms with van der Waals surface area (Å²) in [7, 11) is -1.92. The normalized spacial score (nSPS) is 16.6. The number of aryl methyl sites for hydroxylation is 1. The van der Waals surface area contributed by atoms with Gasteiger partial charge in [-0.25, -0.2) is 8.42 Å². The van der Waals surface area contributed by atoms with E-state index >= 15 is 0 Å². The van der Waals surface area contributed by atoms with Crippen LogP contribution >= 0.6 is 11.6 Å². The number of hydrogen-bond donors (Lipinski definition) is 0. The van der Waals surface area contributed by atoms with Crippen LogP contribution in [-0.4, -0.2) is 59.5 Å². The molecule has 9 heteroatoms. The summed E-state index contributed by atoms with van der Waals surface area (Å²) >= 11 is 6.09. The number of amides is 1. The monoisotopic (exact) mass is 408 g/mol. The molecule has 1 fully saturated rings. The maximum atomic E-state index is 12.7. The predicted molar refractivity (Wildman–Crippen MR) is 104 cm³/mol. The molecule has 0 radical (unpaired) electrons. The molecule has 0 saturated carbocycles. The average Bonchev–Trinajstić information content (AvgIpc) is 2.93. The summed E-state index contributed by atoms with van der Waals surface area (Å²) in [5.74, 6) is -0.157. The van der Waals surface area contributed by atoms with Gasteiger partial charge in [0.2, 0.25) is 15.9 Å². The standard InChI is InChI=1S/C18H21ClN4O3S/c1-21-14-16(13-20-21)27(25,26)23-10-4-9-22(11-12-23)18(24)8-7-15-5-2-3-6-17(15)19/h2-3,5-8,13-14H,4,9-12H2,1H3. The molecular formula is C18H21ClN4O3S. The van der Waals surface area contributed by atoms with Crippen molar-refractivity contribution in [3.63, 3.8) is 0 Å². The molecule has 0 atom stereocenters. The number of sulfonamides is 1. The van der Waals surface area contributed by atoms with Crippen molar-refractivity contribution in [3.05, 3.63) is 53.3 Å². The third-order valence-electron chi connectivity index (χ3n) is 4.40. The van der Waals surface area contributed by atoms with E-state index in [1.165, 1.54) is 27.5 Å². The van der Waals surface area contributed by atoms with Crippen LogP contribution in [0.4, 0.5) is 0 Å². The molecule has 7 nitrogen and oxygen atoms in total. The molecule has 1 saturated heterocycles. The van der Waals surface area contributed by atoms with Crippen LogP contribution in [0.15, 0.2) is 47.6 Å². The first-order chi connectivity index (χ1) is 12.9. The first-order valence-corrected chi connectivity index (χ1v) is 10.4. The van der Waals surface area contributed by atoms with Gasteiger partial charge in [0, 0.05) is 50.5 Å². The zero-order valence-electron chi connectivity index (χ0n) is 15.0. The van der Waals surface area contributed by atoms with Crippen molar-refractivity contribution < 1.29 is 13.2 Å². The lowest BCUT2D eigenvalue weighted by molar-refractivity contribution is -0.125. The van der Waals surface area contributed by atoms with Gasteiger partial charge in [-0.3, -0.25) is 9.48 Å². The second-order valence-electron chi connectivity index (χ2n) is 6.29. The Morgan fingerprint density at radius 1 is 1.19 bits per heavy atom. The van der Waals surface area contributed by atoms with E-state index in [-0.39, 0.29) is 17.3 Å². The van der Waals surface area contributed by atoms with Gasteiger partial charge >= 0.3 is 0 Å². The van der Waals surface area contributed by atoms with Crippen LogP contribution in [0.1, 0.15) is 12.0 Å². The predicted octanol–water partition coefficient (Wildman–Crippen LogP) is 2.01. The molecule has 2 aromatic rings. The van der Waals surface area contributed by atoms with Gasteiger partial charge in [0.05, 0.1) is 6.20 Å². The van der Waals surface area contributed by atoms with Gasteiger partial charge in [0.1, 0.15) is 4.90 Å². The number of aromatic nitrogens is 2. The quantitative estimate of drug-likeness (QED) is 0.725. The minimum absolute atomic E-state index is 0.157. The van der Waals surface area contributed by atoms with Gasteiger partial charge in [-0.05, 0) is 24.1 Å². The fourth-order valence-corrected chi connectivity index (χ4v) is 4.57. The van der Waals surface area contributed by atoms with Gasteiger partial charge in [-0.1, -0.05) is 29.8 Å². The first-order valence-electron chi connectivity index (χ1n) is 8.58. The Bertz CT molecular complexity index is 955. The molecule has 0 bridgehead atoms. The number of nitrogens with zero attached hydrogens (tertiary/aromatic N) is 4. The van der Waals surface area contributed by atoms with Gasteiger partial charge in [-0.2, -0.15) is 9.40 Å². The molecule has 144 valence electrons. The van der Waals surface area contributed by atoms with Crippen molar-refractivity contribution in [3.8, 4) is 0 Å². The van der Waals surface area contributed by atoms with Crippen molar-refractivity contribution in [1.29, 1.82) is 0 Å². The Morgan fingerprint density at radius 2 is 1.96 bits per heavy atom. The Morgan fingerprint density at radius 3 is 2.67 bits per heavy atom. The molecule has 1 aliphatic heterocycles. The van der Waals surface area contributed by atoms with Crippen LogP contribution in [0.2, 0.25) is 5.02 Å². The van der Waals surface area contributed by atoms with E-state index in [0.29, 0.717) is 31.1 Å². The number of rotatable bonds is 4. The first kappa shape index (κ1) is 19.6. The lowest BCUT2D eigenvalue weighted by Gasteiger charge is -2.20. The molecule has 3 rings (SSSR count). The fraction of sp³-hybridized carbons (Fsp3) is 0.333. The molecule has 1 aromatic heterocycles. The van der Waals surface area contributed by atoms with Crippen molar-refractivity contribution in [2.75, 3.05) is 26.2 Å². The molecule has 0 spiro atoms. The largest absolute Gasteiger partial charge is 0.338 e. The Hall–Kier alpha value is -2.16. The van der Waals surface area contributed by atoms with Crippen molar-refractivity contribution >= 4 is 33.6 Å². The average molecular weight is 409 g/mol. The zero-order valence-corrected chi connectivity index (χ0v) is 16.5. The summed E-state index contributed by atoms with van der Waals surface area (Å²) in [6, 6.07) is 7.27. The number of halogens is 1. The number of benzene rings is 1. The molecular weight excluding hydrogens is 388 g/mol. The fourth-order valence-electron chi connectivity index (χ4n) is 2.91. The van der Waals surface area contributed by atoms with Crippen LogP contribution in [0.3, 0.4) is 0 Å². The van der Waals surface area contributed by atoms with Gasteiger partial charge in [-0.15, -0.1) is 0 Å². The highest BCUT2D eigenvalue weighted by Gasteiger charge is 2.28. The minimum atomic E-state index is -3.60. The zero-order chi connectivity index (χ0) is 19.4. The van der Waals surface area contributed by atoms with E-state index < -0.39 is 10.0 Å². The molecule has 1 aromatic carbocycles. The Balaban J connectivity index is 1.66. The molecule has 0 N–H and O–H groups in total. The van der Waals surface area contributed by atoms with Crippen LogP contribution in [0, 0.1) is 0 Å². The van der Waals surface area contributed by atoms with E-state index in [4.69, 9.17) is 11.6 Å². The van der Waals surface area contributed by atoms with Crippen molar-refractivity contribution in [2.24, 2.45) is 7.05 Å². The SMILES string of the molecule is Cn1cc(S(=O)(=O)N2CCCN(C(=O)C=Cc3ccccc3Cl)CC2)cn1. The van der Waals surface area contributed by atoms with Crippen LogP contribution in [-0.2, 0) is 21.9 Å². The van der Waals surface area contributed by atoms with Gasteiger partial charge < -0.3 is 4.90 Å². The summed E-state index contributed by atoms with van der Waals surface area (Å²) in [5.41, 5.74) is 0.767. The van der Waals surface area contributed by atoms with Gasteiger partial charge in [0.15, 0.2) is 0 Å². The highest BCUT2D eigenvalue weighted by atomic mass is 35.5. The van der Waals surface area contributed by atoms with E-state index in [9.17, 15) is 13.2 Å². The maximum Gasteiger partial charge on any atom is 0.246 e. The summed E-state index contributed by atoms with van der Waals surface area (Å²) in [6.07, 6.45) is 6.56. The second kappa shape index (κ2) is 8.24. The molecule has 27 heavy (non-hydrogen) atoms. The van der Waals surface area contributed by atoms with Crippen molar-refractivity contribution in [2.45, 2.75) is 11.3 Å². The molecule has 0 unspecified atom stereocenters. The second-order valence-corrected chi connectivity index (χ2v) is 8.63. The van der Waals surface area contributed by atoms with E-state index in [2.05, 4.69) is 5.10 Å². The van der Waals surface area contributed by atoms with Crippen LogP contribution in [0.5, 0.6) is 0 Å². The maximum absolute atomic E-state index is 12.7. The third kappa shape index (κ3) is 4.58. The Labute approximate surface area is 163 Å². The summed E-state index contributed by atoms with van der Waals surface area (Å²) in [5, 5.41) is 4.51. The van der Waals surface area contributed by atoms with E-state index in [1.807, 2.05) is 18.2 Å². The third-order valence-corrected chi connectivity index (χ3v) is 6.59. The Kier molecular flexibility index (Phi) is 5.98. The highest BCUT2D eigenvalue weighted by molar-refractivity contribution is 7.89. The van der Waals surface area contributed by atoms with Gasteiger partial charge in [0.25, 0.3) is 0 Å². The number of hydrogen-bond acceptors (Lipinski definition) is 4. The van der Waals surface area contributed by atoms with Crippen LogP contribution in [0.25, 0.3) is 6.08 Å². The summed E-state index contributed by atoms with van der Waals surface area (Å²) in [6.45, 7) is 1.47. The van der Waals surface area contributed by atoms with Crippen LogP contribution < -0.4 is 0 Å². The molecule has 2 heterocycles. The number of carbonyl (C=O) groups excluding carboxylic acids is 1. The smallest absolute Gasteiger partial charge is 0.246 e. The molecule has 1 aliphatic rings. The topological polar surface area (TPSA) is 75.5 Å². The lowest BCUT2D eigenvalue weighted by Crippen LogP contribution is -2.36. The molecule has 0 aliphatic carbocycles. The van der Waals surface area contributed by atoms with E-state index in [0.717, 1.165) is 5.56 Å². The highest BCUT2D eigenvalue weighted by Crippen LogP contribution is 2.18.